The average Bonchev–Trinajstić information content (AvgIpc) is 2.68. The van der Waals surface area contributed by atoms with Crippen LogP contribution in [0, 0.1) is 0 Å². The molecule has 1 aromatic heterocycles. The first kappa shape index (κ1) is 12.6. The molecule has 0 aliphatic carbocycles. The van der Waals surface area contributed by atoms with E-state index in [9.17, 15) is 8.42 Å². The third-order valence-corrected chi connectivity index (χ3v) is 4.89. The molecule has 1 fully saturated rings. The van der Waals surface area contributed by atoms with Gasteiger partial charge in [0.1, 0.15) is 0 Å². The number of fused-ring (bicyclic) bond motifs is 1. The molecule has 19 heavy (non-hydrogen) atoms. The molecule has 0 saturated carbocycles. The molecule has 6 nitrogen and oxygen atoms in total. The van der Waals surface area contributed by atoms with Crippen molar-refractivity contribution in [1.29, 1.82) is 0 Å². The van der Waals surface area contributed by atoms with E-state index >= 15 is 0 Å². The van der Waals surface area contributed by atoms with Crippen LogP contribution in [0.2, 0.25) is 0 Å². The maximum atomic E-state index is 12.3. The summed E-state index contributed by atoms with van der Waals surface area (Å²) < 4.78 is 34.0. The van der Waals surface area contributed by atoms with Crippen molar-refractivity contribution in [1.82, 2.24) is 14.5 Å². The minimum Gasteiger partial charge on any atom is -0.377 e. The first-order valence-corrected chi connectivity index (χ1v) is 7.41. The monoisotopic (exact) mass is 281 g/mol. The van der Waals surface area contributed by atoms with Crippen molar-refractivity contribution >= 4 is 20.9 Å². The topological polar surface area (TPSA) is 73.2 Å². The van der Waals surface area contributed by atoms with Crippen LogP contribution in [0.5, 0.6) is 0 Å². The summed E-state index contributed by atoms with van der Waals surface area (Å²) in [6, 6.07) is 4.99. The smallest absolute Gasteiger partial charge is 0.241 e. The van der Waals surface area contributed by atoms with Gasteiger partial charge in [-0.25, -0.2) is 13.1 Å². The average molecular weight is 281 g/mol. The summed E-state index contributed by atoms with van der Waals surface area (Å²) in [5, 5.41) is 5.02. The molecule has 2 heterocycles. The fraction of sp³-hybridized carbons (Fsp3) is 0.417. The van der Waals surface area contributed by atoms with Gasteiger partial charge in [0.05, 0.1) is 35.4 Å². The van der Waals surface area contributed by atoms with Gasteiger partial charge in [0, 0.05) is 12.4 Å². The highest BCUT2D eigenvalue weighted by molar-refractivity contribution is 7.89. The normalized spacial score (nSPS) is 18.4. The first-order valence-electron chi connectivity index (χ1n) is 5.93. The lowest BCUT2D eigenvalue weighted by Crippen LogP contribution is -2.59. The summed E-state index contributed by atoms with van der Waals surface area (Å²) >= 11 is 0. The van der Waals surface area contributed by atoms with Gasteiger partial charge in [0.15, 0.2) is 0 Å². The number of aromatic nitrogens is 2. The van der Waals surface area contributed by atoms with Crippen LogP contribution in [-0.2, 0) is 21.8 Å². The van der Waals surface area contributed by atoms with Gasteiger partial charge in [-0.3, -0.25) is 4.68 Å². The van der Waals surface area contributed by atoms with Crippen molar-refractivity contribution < 1.29 is 13.2 Å². The number of benzene rings is 1. The standard InChI is InChI=1S/C12H15N3O3S/c1-12(7-18-8-12)14-19(16,17)10-4-3-9-6-13-15(2)11(9)5-10/h3-6,14H,7-8H2,1-2H3. The number of rotatable bonds is 3. The first-order chi connectivity index (χ1) is 8.90. The lowest BCUT2D eigenvalue weighted by molar-refractivity contribution is -0.0523. The zero-order valence-electron chi connectivity index (χ0n) is 10.8. The summed E-state index contributed by atoms with van der Waals surface area (Å²) in [5.41, 5.74) is 0.290. The van der Waals surface area contributed by atoms with E-state index in [1.807, 2.05) is 6.92 Å². The summed E-state index contributed by atoms with van der Waals surface area (Å²) in [6.07, 6.45) is 1.71. The number of nitrogens with one attached hydrogen (secondary N) is 1. The fourth-order valence-electron chi connectivity index (χ4n) is 2.14. The zero-order valence-corrected chi connectivity index (χ0v) is 11.6. The van der Waals surface area contributed by atoms with Crippen LogP contribution >= 0.6 is 0 Å². The summed E-state index contributed by atoms with van der Waals surface area (Å²) in [7, 11) is -1.75. The van der Waals surface area contributed by atoms with Crippen LogP contribution in [0.15, 0.2) is 29.3 Å². The van der Waals surface area contributed by atoms with Gasteiger partial charge in [-0.1, -0.05) is 0 Å². The number of aryl methyl sites for hydroxylation is 1. The fourth-order valence-corrected chi connectivity index (χ4v) is 3.54. The SMILES string of the molecule is Cn1ncc2ccc(S(=O)(=O)NC3(C)COC3)cc21. The molecule has 0 unspecified atom stereocenters. The molecule has 1 aliphatic rings. The van der Waals surface area contributed by atoms with Crippen LogP contribution in [0.3, 0.4) is 0 Å². The highest BCUT2D eigenvalue weighted by Gasteiger charge is 2.37. The number of hydrogen-bond acceptors (Lipinski definition) is 4. The van der Waals surface area contributed by atoms with Crippen molar-refractivity contribution in [2.45, 2.75) is 17.4 Å². The van der Waals surface area contributed by atoms with Gasteiger partial charge in [0.25, 0.3) is 0 Å². The number of ether oxygens (including phenoxy) is 1. The highest BCUT2D eigenvalue weighted by atomic mass is 32.2. The molecule has 0 amide bonds. The third-order valence-electron chi connectivity index (χ3n) is 3.25. The van der Waals surface area contributed by atoms with Crippen molar-refractivity contribution in [2.75, 3.05) is 13.2 Å². The maximum Gasteiger partial charge on any atom is 0.241 e. The molecule has 1 aromatic carbocycles. The van der Waals surface area contributed by atoms with Crippen LogP contribution in [-0.4, -0.2) is 37.0 Å². The molecule has 2 aromatic rings. The lowest BCUT2D eigenvalue weighted by atomic mass is 10.0. The second kappa shape index (κ2) is 4.03. The van der Waals surface area contributed by atoms with E-state index in [1.165, 1.54) is 0 Å². The Balaban J connectivity index is 2.00. The summed E-state index contributed by atoms with van der Waals surface area (Å²) in [4.78, 5) is 0.247. The van der Waals surface area contributed by atoms with Crippen LogP contribution in [0.1, 0.15) is 6.92 Å². The summed E-state index contributed by atoms with van der Waals surface area (Å²) in [6.45, 7) is 2.64. The second-order valence-electron chi connectivity index (χ2n) is 5.15. The molecule has 102 valence electrons. The van der Waals surface area contributed by atoms with Crippen LogP contribution < -0.4 is 4.72 Å². The Morgan fingerprint density at radius 2 is 2.16 bits per heavy atom. The second-order valence-corrected chi connectivity index (χ2v) is 6.83. The zero-order chi connectivity index (χ0) is 13.7. The lowest BCUT2D eigenvalue weighted by Gasteiger charge is -2.38. The molecular weight excluding hydrogens is 266 g/mol. The van der Waals surface area contributed by atoms with Gasteiger partial charge in [0.2, 0.25) is 10.0 Å². The molecule has 0 atom stereocenters. The Labute approximate surface area is 111 Å². The molecule has 1 saturated heterocycles. The predicted octanol–water partition coefficient (Wildman–Crippen LogP) is 0.640. The van der Waals surface area contributed by atoms with E-state index in [0.717, 1.165) is 10.9 Å². The molecule has 0 spiro atoms. The molecule has 1 aliphatic heterocycles. The van der Waals surface area contributed by atoms with Crippen molar-refractivity contribution in [3.05, 3.63) is 24.4 Å². The van der Waals surface area contributed by atoms with Crippen LogP contribution in [0.25, 0.3) is 10.9 Å². The van der Waals surface area contributed by atoms with E-state index in [4.69, 9.17) is 4.74 Å². The van der Waals surface area contributed by atoms with E-state index in [-0.39, 0.29) is 4.90 Å². The quantitative estimate of drug-likeness (QED) is 0.896. The van der Waals surface area contributed by atoms with Gasteiger partial charge in [-0.05, 0) is 25.1 Å². The summed E-state index contributed by atoms with van der Waals surface area (Å²) in [5.74, 6) is 0. The van der Waals surface area contributed by atoms with Crippen molar-refractivity contribution in [3.63, 3.8) is 0 Å². The molecule has 0 radical (unpaired) electrons. The van der Waals surface area contributed by atoms with Gasteiger partial charge in [-0.15, -0.1) is 0 Å². The predicted molar refractivity (Wildman–Crippen MR) is 70.3 cm³/mol. The largest absolute Gasteiger partial charge is 0.377 e. The van der Waals surface area contributed by atoms with Gasteiger partial charge >= 0.3 is 0 Å². The highest BCUT2D eigenvalue weighted by Crippen LogP contribution is 2.22. The number of nitrogens with zero attached hydrogens (tertiary/aromatic N) is 2. The van der Waals surface area contributed by atoms with E-state index in [2.05, 4.69) is 9.82 Å². The van der Waals surface area contributed by atoms with Crippen LogP contribution in [0.4, 0.5) is 0 Å². The molecule has 1 N–H and O–H groups in total. The molecule has 0 bridgehead atoms. The number of hydrogen-bond donors (Lipinski definition) is 1. The third kappa shape index (κ3) is 2.13. The number of sulfonamides is 1. The Kier molecular flexibility index (Phi) is 2.67. The molecule has 7 heteroatoms. The minimum absolute atomic E-state index is 0.247. The minimum atomic E-state index is -3.54. The molecule has 3 rings (SSSR count). The van der Waals surface area contributed by atoms with Gasteiger partial charge in [-0.2, -0.15) is 5.10 Å². The Bertz CT molecular complexity index is 732. The Morgan fingerprint density at radius 1 is 1.42 bits per heavy atom. The maximum absolute atomic E-state index is 12.3. The Morgan fingerprint density at radius 3 is 2.79 bits per heavy atom. The molecular formula is C12H15N3O3S. The van der Waals surface area contributed by atoms with Gasteiger partial charge < -0.3 is 4.74 Å². The Hall–Kier alpha value is -1.44. The van der Waals surface area contributed by atoms with Crippen molar-refractivity contribution in [3.8, 4) is 0 Å². The van der Waals surface area contributed by atoms with E-state index < -0.39 is 15.6 Å². The van der Waals surface area contributed by atoms with E-state index in [1.54, 1.807) is 36.1 Å². The van der Waals surface area contributed by atoms with Crippen molar-refractivity contribution in [2.24, 2.45) is 7.05 Å². The van der Waals surface area contributed by atoms with E-state index in [0.29, 0.717) is 13.2 Å².